The Balaban J connectivity index is 2.56. The highest BCUT2D eigenvalue weighted by Crippen LogP contribution is 2.37. The van der Waals surface area contributed by atoms with Crippen molar-refractivity contribution < 1.29 is 13.2 Å². The van der Waals surface area contributed by atoms with E-state index < -0.39 is 12.1 Å². The van der Waals surface area contributed by atoms with Crippen LogP contribution in [0.15, 0.2) is 0 Å². The van der Waals surface area contributed by atoms with Gasteiger partial charge < -0.3 is 9.80 Å². The molecule has 1 rings (SSSR count). The van der Waals surface area contributed by atoms with Crippen molar-refractivity contribution in [3.63, 3.8) is 0 Å². The van der Waals surface area contributed by atoms with E-state index in [1.807, 2.05) is 14.1 Å². The molecular formula is C12H20F3N3. The van der Waals surface area contributed by atoms with Crippen molar-refractivity contribution in [2.24, 2.45) is 5.92 Å². The SMILES string of the molecule is CN(CC(C#N)C(F)(F)F)CC1(N(C)C)CCC1. The molecule has 1 unspecified atom stereocenters. The lowest BCUT2D eigenvalue weighted by Crippen LogP contribution is -2.57. The number of hydrogen-bond acceptors (Lipinski definition) is 3. The van der Waals surface area contributed by atoms with E-state index in [1.165, 1.54) is 6.07 Å². The van der Waals surface area contributed by atoms with Gasteiger partial charge in [0, 0.05) is 18.6 Å². The topological polar surface area (TPSA) is 30.3 Å². The minimum atomic E-state index is -4.44. The molecule has 6 heteroatoms. The summed E-state index contributed by atoms with van der Waals surface area (Å²) in [6, 6.07) is 1.34. The van der Waals surface area contributed by atoms with E-state index in [2.05, 4.69) is 4.90 Å². The molecule has 1 atom stereocenters. The molecule has 0 aromatic rings. The van der Waals surface area contributed by atoms with Gasteiger partial charge >= 0.3 is 6.18 Å². The van der Waals surface area contributed by atoms with Crippen LogP contribution in [0.5, 0.6) is 0 Å². The van der Waals surface area contributed by atoms with Crippen LogP contribution in [0.1, 0.15) is 19.3 Å². The fraction of sp³-hybridized carbons (Fsp3) is 0.917. The molecule has 0 aromatic carbocycles. The first-order valence-corrected chi connectivity index (χ1v) is 6.03. The number of nitrogens with zero attached hydrogens (tertiary/aromatic N) is 3. The fourth-order valence-corrected chi connectivity index (χ4v) is 2.43. The van der Waals surface area contributed by atoms with Gasteiger partial charge in [-0.3, -0.25) is 0 Å². The molecule has 3 nitrogen and oxygen atoms in total. The van der Waals surface area contributed by atoms with E-state index in [0.717, 1.165) is 19.3 Å². The molecule has 1 aliphatic carbocycles. The average Bonchev–Trinajstić information content (AvgIpc) is 2.17. The Labute approximate surface area is 106 Å². The van der Waals surface area contributed by atoms with Crippen molar-refractivity contribution in [3.05, 3.63) is 0 Å². The predicted octanol–water partition coefficient (Wildman–Crippen LogP) is 2.10. The van der Waals surface area contributed by atoms with Crippen LogP contribution >= 0.6 is 0 Å². The molecule has 1 aliphatic rings. The van der Waals surface area contributed by atoms with Crippen molar-refractivity contribution in [2.75, 3.05) is 34.2 Å². The van der Waals surface area contributed by atoms with Gasteiger partial charge in [0.1, 0.15) is 0 Å². The van der Waals surface area contributed by atoms with Crippen LogP contribution in [0.25, 0.3) is 0 Å². The minimum Gasteiger partial charge on any atom is -0.303 e. The van der Waals surface area contributed by atoms with E-state index in [0.29, 0.717) is 6.54 Å². The third-order valence-electron chi connectivity index (χ3n) is 3.84. The smallest absolute Gasteiger partial charge is 0.303 e. The summed E-state index contributed by atoms with van der Waals surface area (Å²) in [5.74, 6) is -1.90. The van der Waals surface area contributed by atoms with E-state index in [9.17, 15) is 13.2 Å². The van der Waals surface area contributed by atoms with Gasteiger partial charge in [-0.2, -0.15) is 18.4 Å². The second-order valence-electron chi connectivity index (χ2n) is 5.39. The van der Waals surface area contributed by atoms with Crippen molar-refractivity contribution in [3.8, 4) is 6.07 Å². The zero-order valence-electron chi connectivity index (χ0n) is 11.1. The summed E-state index contributed by atoms with van der Waals surface area (Å²) in [6.07, 6.45) is -1.30. The molecule has 0 spiro atoms. The fourth-order valence-electron chi connectivity index (χ4n) is 2.43. The summed E-state index contributed by atoms with van der Waals surface area (Å²) < 4.78 is 37.5. The van der Waals surface area contributed by atoms with Crippen LogP contribution in [-0.2, 0) is 0 Å². The van der Waals surface area contributed by atoms with Crippen LogP contribution in [0.4, 0.5) is 13.2 Å². The van der Waals surface area contributed by atoms with E-state index in [4.69, 9.17) is 5.26 Å². The third kappa shape index (κ3) is 3.36. The first-order valence-electron chi connectivity index (χ1n) is 6.03. The Morgan fingerprint density at radius 1 is 1.28 bits per heavy atom. The Morgan fingerprint density at radius 3 is 2.11 bits per heavy atom. The maximum Gasteiger partial charge on any atom is 0.405 e. The van der Waals surface area contributed by atoms with Crippen molar-refractivity contribution >= 4 is 0 Å². The molecule has 1 fully saturated rings. The number of likely N-dealkylation sites (N-methyl/N-ethyl adjacent to an activating group) is 2. The predicted molar refractivity (Wildman–Crippen MR) is 62.9 cm³/mol. The Hall–Kier alpha value is -0.800. The minimum absolute atomic E-state index is 0.0135. The lowest BCUT2D eigenvalue weighted by molar-refractivity contribution is -0.163. The van der Waals surface area contributed by atoms with Crippen molar-refractivity contribution in [1.29, 1.82) is 5.26 Å². The number of rotatable bonds is 5. The molecule has 18 heavy (non-hydrogen) atoms. The summed E-state index contributed by atoms with van der Waals surface area (Å²) in [6.45, 7) is 0.323. The van der Waals surface area contributed by atoms with Crippen LogP contribution < -0.4 is 0 Å². The van der Waals surface area contributed by atoms with E-state index in [-0.39, 0.29) is 12.1 Å². The highest BCUT2D eigenvalue weighted by Gasteiger charge is 2.43. The van der Waals surface area contributed by atoms with Gasteiger partial charge in [0.2, 0.25) is 0 Å². The highest BCUT2D eigenvalue weighted by molar-refractivity contribution is 4.99. The average molecular weight is 263 g/mol. The van der Waals surface area contributed by atoms with Gasteiger partial charge in [0.15, 0.2) is 5.92 Å². The molecule has 0 amide bonds. The van der Waals surface area contributed by atoms with Gasteiger partial charge in [-0.05, 0) is 40.4 Å². The molecule has 0 bridgehead atoms. The largest absolute Gasteiger partial charge is 0.405 e. The number of alkyl halides is 3. The van der Waals surface area contributed by atoms with Gasteiger partial charge in [0.25, 0.3) is 0 Å². The summed E-state index contributed by atoms with van der Waals surface area (Å²) in [7, 11) is 5.57. The Kier molecular flexibility index (Phi) is 4.62. The van der Waals surface area contributed by atoms with Crippen LogP contribution in [0.3, 0.4) is 0 Å². The standard InChI is InChI=1S/C12H20F3N3/c1-17(2)11(5-4-6-11)9-18(3)8-10(7-16)12(13,14)15/h10H,4-6,8-9H2,1-3H3. The second kappa shape index (κ2) is 5.45. The van der Waals surface area contributed by atoms with Crippen molar-refractivity contribution in [1.82, 2.24) is 9.80 Å². The highest BCUT2D eigenvalue weighted by atomic mass is 19.4. The zero-order valence-corrected chi connectivity index (χ0v) is 11.1. The third-order valence-corrected chi connectivity index (χ3v) is 3.84. The Morgan fingerprint density at radius 2 is 1.83 bits per heavy atom. The zero-order chi connectivity index (χ0) is 14.0. The summed E-state index contributed by atoms with van der Waals surface area (Å²) >= 11 is 0. The lowest BCUT2D eigenvalue weighted by Gasteiger charge is -2.49. The normalized spacial score (nSPS) is 20.6. The molecule has 0 aliphatic heterocycles. The monoisotopic (exact) mass is 263 g/mol. The lowest BCUT2D eigenvalue weighted by atomic mass is 9.75. The van der Waals surface area contributed by atoms with Crippen LogP contribution in [-0.4, -0.2) is 55.7 Å². The maximum absolute atomic E-state index is 12.5. The quantitative estimate of drug-likeness (QED) is 0.761. The van der Waals surface area contributed by atoms with Crippen molar-refractivity contribution in [2.45, 2.75) is 31.0 Å². The molecule has 0 radical (unpaired) electrons. The summed E-state index contributed by atoms with van der Waals surface area (Å²) in [4.78, 5) is 3.71. The van der Waals surface area contributed by atoms with Gasteiger partial charge in [0.05, 0.1) is 6.07 Å². The molecule has 1 saturated carbocycles. The molecule has 104 valence electrons. The number of nitriles is 1. The number of hydrogen-bond donors (Lipinski definition) is 0. The Bertz CT molecular complexity index is 316. The molecule has 0 heterocycles. The molecular weight excluding hydrogens is 243 g/mol. The summed E-state index contributed by atoms with van der Waals surface area (Å²) in [5, 5.41) is 8.58. The second-order valence-corrected chi connectivity index (χ2v) is 5.39. The molecule has 0 aromatic heterocycles. The number of halogens is 3. The van der Waals surface area contributed by atoms with Gasteiger partial charge in [-0.15, -0.1) is 0 Å². The van der Waals surface area contributed by atoms with E-state index in [1.54, 1.807) is 11.9 Å². The van der Waals surface area contributed by atoms with Gasteiger partial charge in [-0.25, -0.2) is 0 Å². The van der Waals surface area contributed by atoms with Crippen LogP contribution in [0, 0.1) is 17.2 Å². The molecule has 0 saturated heterocycles. The molecule has 0 N–H and O–H groups in total. The maximum atomic E-state index is 12.5. The first kappa shape index (κ1) is 15.3. The first-order chi connectivity index (χ1) is 8.21. The van der Waals surface area contributed by atoms with Crippen LogP contribution in [0.2, 0.25) is 0 Å². The van der Waals surface area contributed by atoms with Gasteiger partial charge in [-0.1, -0.05) is 0 Å². The summed E-state index contributed by atoms with van der Waals surface area (Å²) in [5.41, 5.74) is -0.0135. The van der Waals surface area contributed by atoms with E-state index >= 15 is 0 Å².